The first-order chi connectivity index (χ1) is 13.9. The lowest BCUT2D eigenvalue weighted by Crippen LogP contribution is -2.43. The van der Waals surface area contributed by atoms with Gasteiger partial charge in [-0.15, -0.1) is 0 Å². The Bertz CT molecular complexity index is 875. The monoisotopic (exact) mass is 417 g/mol. The zero-order chi connectivity index (χ0) is 20.9. The van der Waals surface area contributed by atoms with E-state index in [1.54, 1.807) is 12.1 Å². The van der Waals surface area contributed by atoms with E-state index < -0.39 is 10.0 Å². The van der Waals surface area contributed by atoms with Gasteiger partial charge in [0.25, 0.3) is 0 Å². The van der Waals surface area contributed by atoms with E-state index in [1.807, 2.05) is 26.2 Å². The van der Waals surface area contributed by atoms with Gasteiger partial charge in [-0.3, -0.25) is 4.90 Å². The molecule has 1 fully saturated rings. The number of hydrogen-bond donors (Lipinski definition) is 1. The first kappa shape index (κ1) is 21.8. The fourth-order valence-corrected chi connectivity index (χ4v) is 4.56. The van der Waals surface area contributed by atoms with Crippen LogP contribution in [0.5, 0.6) is 0 Å². The van der Waals surface area contributed by atoms with Gasteiger partial charge in [0.1, 0.15) is 0 Å². The lowest BCUT2D eigenvalue weighted by molar-refractivity contribution is 0.0172. The number of aryl methyl sites for hydroxylation is 1. The second kappa shape index (κ2) is 9.71. The molecule has 1 aliphatic rings. The van der Waals surface area contributed by atoms with Crippen molar-refractivity contribution in [2.24, 2.45) is 0 Å². The highest BCUT2D eigenvalue weighted by atomic mass is 32.2. The van der Waals surface area contributed by atoms with Gasteiger partial charge >= 0.3 is 0 Å². The van der Waals surface area contributed by atoms with E-state index in [9.17, 15) is 8.42 Å². The van der Waals surface area contributed by atoms with Crippen LogP contribution >= 0.6 is 0 Å². The number of morpholine rings is 1. The minimum atomic E-state index is -3.56. The van der Waals surface area contributed by atoms with Crippen LogP contribution in [0.1, 0.15) is 24.1 Å². The summed E-state index contributed by atoms with van der Waals surface area (Å²) in [7, 11) is 0.448. The van der Waals surface area contributed by atoms with Gasteiger partial charge in [0.15, 0.2) is 0 Å². The molecule has 1 saturated heterocycles. The van der Waals surface area contributed by atoms with Gasteiger partial charge in [-0.1, -0.05) is 31.2 Å². The molecule has 0 unspecified atom stereocenters. The van der Waals surface area contributed by atoms with Gasteiger partial charge in [0.2, 0.25) is 10.0 Å². The minimum absolute atomic E-state index is 0.0418. The van der Waals surface area contributed by atoms with Crippen molar-refractivity contribution < 1.29 is 13.2 Å². The van der Waals surface area contributed by atoms with E-state index >= 15 is 0 Å². The first-order valence-electron chi connectivity index (χ1n) is 10.1. The van der Waals surface area contributed by atoms with Gasteiger partial charge in [-0.25, -0.2) is 13.1 Å². The summed E-state index contributed by atoms with van der Waals surface area (Å²) >= 11 is 0. The number of anilines is 1. The molecule has 0 aromatic heterocycles. The third-order valence-electron chi connectivity index (χ3n) is 5.39. The van der Waals surface area contributed by atoms with E-state index in [0.717, 1.165) is 36.3 Å². The third kappa shape index (κ3) is 5.57. The second-order valence-electron chi connectivity index (χ2n) is 7.50. The highest BCUT2D eigenvalue weighted by Gasteiger charge is 2.25. The minimum Gasteiger partial charge on any atom is -0.379 e. The molecular weight excluding hydrogens is 386 g/mol. The maximum Gasteiger partial charge on any atom is 0.240 e. The second-order valence-corrected chi connectivity index (χ2v) is 9.27. The Balaban J connectivity index is 1.78. The number of ether oxygens (including phenoxy) is 1. The molecule has 7 heteroatoms. The lowest BCUT2D eigenvalue weighted by atomic mass is 10.0. The van der Waals surface area contributed by atoms with Crippen molar-refractivity contribution in [2.45, 2.75) is 24.3 Å². The topological polar surface area (TPSA) is 61.9 Å². The summed E-state index contributed by atoms with van der Waals surface area (Å²) in [5.74, 6) is 0. The average molecular weight is 418 g/mol. The van der Waals surface area contributed by atoms with Gasteiger partial charge in [-0.2, -0.15) is 0 Å². The number of sulfonamides is 1. The number of nitrogens with one attached hydrogen (secondary N) is 1. The molecule has 0 bridgehead atoms. The Labute approximate surface area is 174 Å². The highest BCUT2D eigenvalue weighted by molar-refractivity contribution is 7.89. The number of benzene rings is 2. The largest absolute Gasteiger partial charge is 0.379 e. The van der Waals surface area contributed by atoms with Gasteiger partial charge in [0.05, 0.1) is 18.1 Å². The summed E-state index contributed by atoms with van der Waals surface area (Å²) < 4.78 is 34.0. The van der Waals surface area contributed by atoms with Gasteiger partial charge in [0, 0.05) is 45.5 Å². The molecule has 2 aromatic carbocycles. The van der Waals surface area contributed by atoms with Crippen LogP contribution in [0.25, 0.3) is 0 Å². The number of rotatable bonds is 8. The molecule has 1 atom stereocenters. The van der Waals surface area contributed by atoms with E-state index in [0.29, 0.717) is 24.7 Å². The Morgan fingerprint density at radius 1 is 1.03 bits per heavy atom. The van der Waals surface area contributed by atoms with Gasteiger partial charge < -0.3 is 9.64 Å². The molecule has 2 aromatic rings. The molecule has 0 spiro atoms. The zero-order valence-corrected chi connectivity index (χ0v) is 18.3. The molecule has 1 N–H and O–H groups in total. The molecule has 1 heterocycles. The smallest absolute Gasteiger partial charge is 0.240 e. The zero-order valence-electron chi connectivity index (χ0n) is 17.5. The Hall–Kier alpha value is -1.93. The molecule has 0 aliphatic carbocycles. The molecule has 0 saturated carbocycles. The molecular formula is C22H31N3O3S. The van der Waals surface area contributed by atoms with Crippen LogP contribution in [0.3, 0.4) is 0 Å². The summed E-state index contributed by atoms with van der Waals surface area (Å²) in [6, 6.07) is 15.4. The van der Waals surface area contributed by atoms with Crippen molar-refractivity contribution in [1.29, 1.82) is 0 Å². The Morgan fingerprint density at radius 2 is 1.66 bits per heavy atom. The standard InChI is InChI=1S/C22H31N3O3S/c1-4-18-5-11-21(12-6-18)29(26,27)23-17-22(25-13-15-28-16-14-25)19-7-9-20(10-8-19)24(2)3/h5-12,22-23H,4,13-17H2,1-3H3/t22-/m1/s1. The quantitative estimate of drug-likeness (QED) is 0.716. The van der Waals surface area contributed by atoms with Crippen molar-refractivity contribution in [3.63, 3.8) is 0 Å². The van der Waals surface area contributed by atoms with E-state index in [4.69, 9.17) is 4.74 Å². The molecule has 3 rings (SSSR count). The van der Waals surface area contributed by atoms with E-state index in [2.05, 4.69) is 45.7 Å². The van der Waals surface area contributed by atoms with E-state index in [-0.39, 0.29) is 6.04 Å². The predicted molar refractivity (Wildman–Crippen MR) is 117 cm³/mol. The summed E-state index contributed by atoms with van der Waals surface area (Å²) in [6.07, 6.45) is 0.885. The fourth-order valence-electron chi connectivity index (χ4n) is 3.52. The molecule has 158 valence electrons. The summed E-state index contributed by atoms with van der Waals surface area (Å²) in [5, 5.41) is 0. The molecule has 0 radical (unpaired) electrons. The predicted octanol–water partition coefficient (Wildman–Crippen LogP) is 2.67. The first-order valence-corrected chi connectivity index (χ1v) is 11.6. The van der Waals surface area contributed by atoms with Crippen LogP contribution < -0.4 is 9.62 Å². The molecule has 1 aliphatic heterocycles. The van der Waals surface area contributed by atoms with Crippen LogP contribution in [0.15, 0.2) is 53.4 Å². The van der Waals surface area contributed by atoms with Crippen LogP contribution in [-0.4, -0.2) is 60.3 Å². The SMILES string of the molecule is CCc1ccc(S(=O)(=O)NC[C@H](c2ccc(N(C)C)cc2)N2CCOCC2)cc1. The fraction of sp³-hybridized carbons (Fsp3) is 0.455. The summed E-state index contributed by atoms with van der Waals surface area (Å²) in [5.41, 5.74) is 3.34. The van der Waals surface area contributed by atoms with Crippen molar-refractivity contribution in [3.8, 4) is 0 Å². The number of nitrogens with zero attached hydrogens (tertiary/aromatic N) is 2. The lowest BCUT2D eigenvalue weighted by Gasteiger charge is -2.35. The van der Waals surface area contributed by atoms with E-state index in [1.165, 1.54) is 0 Å². The van der Waals surface area contributed by atoms with Crippen molar-refractivity contribution in [2.75, 3.05) is 51.8 Å². The number of hydrogen-bond acceptors (Lipinski definition) is 5. The van der Waals surface area contributed by atoms with Gasteiger partial charge in [-0.05, 0) is 41.8 Å². The Kier molecular flexibility index (Phi) is 7.29. The maximum absolute atomic E-state index is 12.8. The third-order valence-corrected chi connectivity index (χ3v) is 6.83. The van der Waals surface area contributed by atoms with Crippen LogP contribution in [0.4, 0.5) is 5.69 Å². The van der Waals surface area contributed by atoms with Crippen LogP contribution in [0, 0.1) is 0 Å². The normalized spacial score (nSPS) is 16.5. The van der Waals surface area contributed by atoms with Crippen LogP contribution in [0.2, 0.25) is 0 Å². The molecule has 29 heavy (non-hydrogen) atoms. The average Bonchev–Trinajstić information content (AvgIpc) is 2.75. The maximum atomic E-state index is 12.8. The van der Waals surface area contributed by atoms with Crippen molar-refractivity contribution in [3.05, 3.63) is 59.7 Å². The summed E-state index contributed by atoms with van der Waals surface area (Å²) in [6.45, 7) is 5.27. The highest BCUT2D eigenvalue weighted by Crippen LogP contribution is 2.24. The molecule has 6 nitrogen and oxygen atoms in total. The Morgan fingerprint density at radius 3 is 2.21 bits per heavy atom. The summed E-state index contributed by atoms with van der Waals surface area (Å²) in [4.78, 5) is 4.64. The van der Waals surface area contributed by atoms with Crippen molar-refractivity contribution >= 4 is 15.7 Å². The molecule has 0 amide bonds. The van der Waals surface area contributed by atoms with Crippen molar-refractivity contribution in [1.82, 2.24) is 9.62 Å². The van der Waals surface area contributed by atoms with Crippen LogP contribution in [-0.2, 0) is 21.2 Å².